The first-order valence-corrected chi connectivity index (χ1v) is 5.99. The highest BCUT2D eigenvalue weighted by Gasteiger charge is 2.10. The van der Waals surface area contributed by atoms with Crippen LogP contribution in [0.15, 0.2) is 54.6 Å². The number of hydrogen-bond acceptors (Lipinski definition) is 4. The van der Waals surface area contributed by atoms with Gasteiger partial charge in [-0.1, -0.05) is 18.2 Å². The van der Waals surface area contributed by atoms with Crippen LogP contribution in [-0.4, -0.2) is 18.0 Å². The standard InChI is InChI=1S/C14H15N3O2/c15-10-11-16(12-4-2-1-3-5-12)13-6-8-14(9-7-13)17(18)19/h1-9H,10-11,15H2. The molecule has 0 radical (unpaired) electrons. The average molecular weight is 257 g/mol. The van der Waals surface area contributed by atoms with Gasteiger partial charge in [0.05, 0.1) is 4.92 Å². The topological polar surface area (TPSA) is 72.4 Å². The van der Waals surface area contributed by atoms with Crippen LogP contribution in [-0.2, 0) is 0 Å². The fourth-order valence-electron chi connectivity index (χ4n) is 1.90. The summed E-state index contributed by atoms with van der Waals surface area (Å²) in [6.45, 7) is 1.16. The van der Waals surface area contributed by atoms with Crippen molar-refractivity contribution in [3.05, 3.63) is 64.7 Å². The third-order valence-electron chi connectivity index (χ3n) is 2.79. The van der Waals surface area contributed by atoms with Crippen molar-refractivity contribution in [2.75, 3.05) is 18.0 Å². The first kappa shape index (κ1) is 13.0. The second-order valence-corrected chi connectivity index (χ2v) is 4.05. The zero-order valence-corrected chi connectivity index (χ0v) is 10.4. The van der Waals surface area contributed by atoms with E-state index in [1.165, 1.54) is 12.1 Å². The van der Waals surface area contributed by atoms with E-state index in [4.69, 9.17) is 5.73 Å². The molecular formula is C14H15N3O2. The van der Waals surface area contributed by atoms with Crippen molar-refractivity contribution >= 4 is 17.1 Å². The van der Waals surface area contributed by atoms with Crippen molar-refractivity contribution in [3.8, 4) is 0 Å². The predicted molar refractivity (Wildman–Crippen MR) is 75.6 cm³/mol. The van der Waals surface area contributed by atoms with Crippen LogP contribution in [0.5, 0.6) is 0 Å². The summed E-state index contributed by atoms with van der Waals surface area (Å²) in [6, 6.07) is 16.3. The SMILES string of the molecule is NCCN(c1ccccc1)c1ccc([N+](=O)[O-])cc1. The van der Waals surface area contributed by atoms with E-state index >= 15 is 0 Å². The molecular weight excluding hydrogens is 242 g/mol. The lowest BCUT2D eigenvalue weighted by Crippen LogP contribution is -2.24. The minimum atomic E-state index is -0.403. The Morgan fingerprint density at radius 1 is 1.00 bits per heavy atom. The van der Waals surface area contributed by atoms with Crippen molar-refractivity contribution < 1.29 is 4.92 Å². The van der Waals surface area contributed by atoms with E-state index in [9.17, 15) is 10.1 Å². The van der Waals surface area contributed by atoms with E-state index in [2.05, 4.69) is 0 Å². The van der Waals surface area contributed by atoms with Crippen LogP contribution in [0.25, 0.3) is 0 Å². The maximum atomic E-state index is 10.6. The molecule has 0 bridgehead atoms. The molecule has 0 fully saturated rings. The molecule has 2 aromatic carbocycles. The Morgan fingerprint density at radius 3 is 2.11 bits per heavy atom. The van der Waals surface area contributed by atoms with Gasteiger partial charge in [-0.3, -0.25) is 10.1 Å². The highest BCUT2D eigenvalue weighted by Crippen LogP contribution is 2.26. The maximum absolute atomic E-state index is 10.6. The number of anilines is 2. The van der Waals surface area contributed by atoms with Gasteiger partial charge in [-0.05, 0) is 24.3 Å². The lowest BCUT2D eigenvalue weighted by molar-refractivity contribution is -0.384. The monoisotopic (exact) mass is 257 g/mol. The molecule has 5 heteroatoms. The second-order valence-electron chi connectivity index (χ2n) is 4.05. The predicted octanol–water partition coefficient (Wildman–Crippen LogP) is 2.69. The molecule has 0 aliphatic carbocycles. The molecule has 0 atom stereocenters. The van der Waals surface area contributed by atoms with Crippen LogP contribution in [0.4, 0.5) is 17.1 Å². The molecule has 0 unspecified atom stereocenters. The summed E-state index contributed by atoms with van der Waals surface area (Å²) in [4.78, 5) is 12.3. The quantitative estimate of drug-likeness (QED) is 0.660. The van der Waals surface area contributed by atoms with Gasteiger partial charge in [0.1, 0.15) is 0 Å². The Morgan fingerprint density at radius 2 is 1.58 bits per heavy atom. The molecule has 0 aliphatic heterocycles. The molecule has 2 aromatic rings. The summed E-state index contributed by atoms with van der Waals surface area (Å²) in [5.74, 6) is 0. The molecule has 5 nitrogen and oxygen atoms in total. The number of nitrogens with two attached hydrogens (primary N) is 1. The smallest absolute Gasteiger partial charge is 0.269 e. The number of benzene rings is 2. The summed E-state index contributed by atoms with van der Waals surface area (Å²) < 4.78 is 0. The first-order valence-electron chi connectivity index (χ1n) is 5.99. The molecule has 0 aliphatic rings. The van der Waals surface area contributed by atoms with Crippen molar-refractivity contribution in [2.24, 2.45) is 5.73 Å². The zero-order chi connectivity index (χ0) is 13.7. The van der Waals surface area contributed by atoms with Gasteiger partial charge in [0.2, 0.25) is 0 Å². The number of para-hydroxylation sites is 1. The van der Waals surface area contributed by atoms with Crippen molar-refractivity contribution in [1.29, 1.82) is 0 Å². The lowest BCUT2D eigenvalue weighted by Gasteiger charge is -2.24. The highest BCUT2D eigenvalue weighted by molar-refractivity contribution is 5.64. The van der Waals surface area contributed by atoms with Crippen LogP contribution in [0.2, 0.25) is 0 Å². The van der Waals surface area contributed by atoms with Crippen LogP contribution in [0.3, 0.4) is 0 Å². The largest absolute Gasteiger partial charge is 0.340 e. The number of nitro groups is 1. The summed E-state index contributed by atoms with van der Waals surface area (Å²) in [5, 5.41) is 10.6. The van der Waals surface area contributed by atoms with Gasteiger partial charge in [-0.15, -0.1) is 0 Å². The van der Waals surface area contributed by atoms with Gasteiger partial charge in [-0.2, -0.15) is 0 Å². The van der Waals surface area contributed by atoms with E-state index in [0.717, 1.165) is 11.4 Å². The van der Waals surface area contributed by atoms with Gasteiger partial charge in [0, 0.05) is 36.6 Å². The fourth-order valence-corrected chi connectivity index (χ4v) is 1.90. The van der Waals surface area contributed by atoms with Gasteiger partial charge in [0.15, 0.2) is 0 Å². The van der Waals surface area contributed by atoms with Crippen LogP contribution < -0.4 is 10.6 Å². The van der Waals surface area contributed by atoms with E-state index < -0.39 is 4.92 Å². The second kappa shape index (κ2) is 5.97. The summed E-state index contributed by atoms with van der Waals surface area (Å²) in [6.07, 6.45) is 0. The summed E-state index contributed by atoms with van der Waals surface area (Å²) in [5.41, 5.74) is 7.63. The first-order chi connectivity index (χ1) is 9.22. The van der Waals surface area contributed by atoms with Gasteiger partial charge >= 0.3 is 0 Å². The fraction of sp³-hybridized carbons (Fsp3) is 0.143. The van der Waals surface area contributed by atoms with Gasteiger partial charge < -0.3 is 10.6 Å². The molecule has 19 heavy (non-hydrogen) atoms. The zero-order valence-electron chi connectivity index (χ0n) is 10.4. The summed E-state index contributed by atoms with van der Waals surface area (Å²) in [7, 11) is 0. The van der Waals surface area contributed by atoms with Crippen LogP contribution >= 0.6 is 0 Å². The third-order valence-corrected chi connectivity index (χ3v) is 2.79. The van der Waals surface area contributed by atoms with Crippen molar-refractivity contribution in [1.82, 2.24) is 0 Å². The highest BCUT2D eigenvalue weighted by atomic mass is 16.6. The number of nitrogens with zero attached hydrogens (tertiary/aromatic N) is 2. The molecule has 0 heterocycles. The van der Waals surface area contributed by atoms with E-state index in [-0.39, 0.29) is 5.69 Å². The van der Waals surface area contributed by atoms with Gasteiger partial charge in [0.25, 0.3) is 5.69 Å². The molecule has 2 N–H and O–H groups in total. The number of hydrogen-bond donors (Lipinski definition) is 1. The molecule has 0 saturated carbocycles. The maximum Gasteiger partial charge on any atom is 0.269 e. The summed E-state index contributed by atoms with van der Waals surface area (Å²) >= 11 is 0. The number of non-ortho nitro benzene ring substituents is 1. The minimum absolute atomic E-state index is 0.0875. The molecule has 2 rings (SSSR count). The number of rotatable bonds is 5. The lowest BCUT2D eigenvalue weighted by atomic mass is 10.2. The molecule has 0 aromatic heterocycles. The van der Waals surface area contributed by atoms with Crippen molar-refractivity contribution in [3.63, 3.8) is 0 Å². The Hall–Kier alpha value is -2.40. The Kier molecular flexibility index (Phi) is 4.10. The Balaban J connectivity index is 2.31. The number of nitro benzene ring substituents is 1. The van der Waals surface area contributed by atoms with E-state index in [1.54, 1.807) is 12.1 Å². The Labute approximate surface area is 111 Å². The minimum Gasteiger partial charge on any atom is -0.340 e. The Bertz CT molecular complexity index is 540. The van der Waals surface area contributed by atoms with E-state index in [1.807, 2.05) is 35.2 Å². The third kappa shape index (κ3) is 3.08. The molecule has 0 amide bonds. The molecule has 98 valence electrons. The van der Waals surface area contributed by atoms with Crippen LogP contribution in [0.1, 0.15) is 0 Å². The van der Waals surface area contributed by atoms with Gasteiger partial charge in [-0.25, -0.2) is 0 Å². The van der Waals surface area contributed by atoms with E-state index in [0.29, 0.717) is 13.1 Å². The molecule has 0 spiro atoms. The van der Waals surface area contributed by atoms with Crippen molar-refractivity contribution in [2.45, 2.75) is 0 Å². The average Bonchev–Trinajstić information content (AvgIpc) is 2.46. The van der Waals surface area contributed by atoms with Crippen LogP contribution in [0, 0.1) is 10.1 Å². The molecule has 0 saturated heterocycles. The normalized spacial score (nSPS) is 10.2.